The van der Waals surface area contributed by atoms with Crippen molar-refractivity contribution in [2.45, 2.75) is 25.8 Å². The van der Waals surface area contributed by atoms with Crippen LogP contribution in [0.5, 0.6) is 0 Å². The Hall–Kier alpha value is -0.480. The zero-order valence-corrected chi connectivity index (χ0v) is 9.44. The van der Waals surface area contributed by atoms with E-state index in [1.807, 2.05) is 6.92 Å². The van der Waals surface area contributed by atoms with Gasteiger partial charge in [-0.05, 0) is 18.6 Å². The second kappa shape index (κ2) is 4.84. The molecule has 0 aliphatic rings. The van der Waals surface area contributed by atoms with Gasteiger partial charge in [-0.3, -0.25) is 0 Å². The molecule has 0 fully saturated rings. The Bertz CT molecular complexity index is 305. The van der Waals surface area contributed by atoms with Gasteiger partial charge in [0.2, 0.25) is 0 Å². The third kappa shape index (κ3) is 2.51. The van der Waals surface area contributed by atoms with Gasteiger partial charge in [-0.1, -0.05) is 29.3 Å². The van der Waals surface area contributed by atoms with E-state index in [0.29, 0.717) is 10.9 Å². The summed E-state index contributed by atoms with van der Waals surface area (Å²) >= 11 is 3.01. The van der Waals surface area contributed by atoms with Crippen molar-refractivity contribution in [2.75, 3.05) is 0 Å². The lowest BCUT2D eigenvalue weighted by molar-refractivity contribution is 0.509. The monoisotopic (exact) mass is 263 g/mol. The normalized spacial score (nSPS) is 12.9. The molecule has 0 aliphatic heterocycles. The average Bonchev–Trinajstić information content (AvgIpc) is 2.01. The number of nitrogens with two attached hydrogens (primary N) is 1. The first-order valence-corrected chi connectivity index (χ1v) is 5.25. The Labute approximate surface area is 90.4 Å². The van der Waals surface area contributed by atoms with E-state index in [-0.39, 0.29) is 5.56 Å². The fourth-order valence-electron chi connectivity index (χ4n) is 1.36. The average molecular weight is 264 g/mol. The summed E-state index contributed by atoms with van der Waals surface area (Å²) in [5, 5.41) is 0. The van der Waals surface area contributed by atoms with Gasteiger partial charge in [0, 0.05) is 16.1 Å². The first kappa shape index (κ1) is 11.6. The number of rotatable bonds is 3. The molecule has 0 spiro atoms. The van der Waals surface area contributed by atoms with Crippen LogP contribution in [0, 0.1) is 11.6 Å². The van der Waals surface area contributed by atoms with E-state index in [0.717, 1.165) is 6.42 Å². The van der Waals surface area contributed by atoms with Crippen molar-refractivity contribution >= 4 is 15.9 Å². The largest absolute Gasteiger partial charge is 0.324 e. The molecule has 1 nitrogen and oxygen atoms in total. The maximum atomic E-state index is 13.3. The van der Waals surface area contributed by atoms with E-state index >= 15 is 0 Å². The first-order valence-electron chi connectivity index (χ1n) is 4.46. The molecule has 0 saturated heterocycles. The molecule has 4 heteroatoms. The third-order valence-corrected chi connectivity index (χ3v) is 2.47. The van der Waals surface area contributed by atoms with Crippen LogP contribution in [-0.4, -0.2) is 0 Å². The summed E-state index contributed by atoms with van der Waals surface area (Å²) in [5.41, 5.74) is 5.64. The van der Waals surface area contributed by atoms with Crippen LogP contribution in [0.15, 0.2) is 16.6 Å². The van der Waals surface area contributed by atoms with Crippen LogP contribution in [0.25, 0.3) is 0 Å². The van der Waals surface area contributed by atoms with Gasteiger partial charge in [0.1, 0.15) is 11.6 Å². The molecule has 14 heavy (non-hydrogen) atoms. The van der Waals surface area contributed by atoms with Crippen molar-refractivity contribution in [1.29, 1.82) is 0 Å². The highest BCUT2D eigenvalue weighted by Gasteiger charge is 2.16. The molecular formula is C10H12BrF2N. The summed E-state index contributed by atoms with van der Waals surface area (Å²) in [4.78, 5) is 0. The lowest BCUT2D eigenvalue weighted by Crippen LogP contribution is -2.13. The Morgan fingerprint density at radius 3 is 2.29 bits per heavy atom. The van der Waals surface area contributed by atoms with Gasteiger partial charge in [-0.2, -0.15) is 0 Å². The van der Waals surface area contributed by atoms with Crippen molar-refractivity contribution in [3.63, 3.8) is 0 Å². The fraction of sp³-hybridized carbons (Fsp3) is 0.400. The van der Waals surface area contributed by atoms with E-state index in [9.17, 15) is 8.78 Å². The molecule has 0 unspecified atom stereocenters. The Morgan fingerprint density at radius 1 is 1.36 bits per heavy atom. The van der Waals surface area contributed by atoms with E-state index in [2.05, 4.69) is 15.9 Å². The molecule has 1 aromatic carbocycles. The van der Waals surface area contributed by atoms with E-state index in [1.54, 1.807) is 0 Å². The Balaban J connectivity index is 3.07. The van der Waals surface area contributed by atoms with Crippen molar-refractivity contribution in [2.24, 2.45) is 5.73 Å². The second-order valence-electron chi connectivity index (χ2n) is 3.18. The molecule has 0 heterocycles. The number of benzene rings is 1. The standard InChI is InChI=1S/C10H12BrF2N/c1-2-3-9(14)10-7(12)4-6(11)5-8(10)13/h4-5,9H,2-3,14H2,1H3/t9-/m1/s1. The summed E-state index contributed by atoms with van der Waals surface area (Å²) in [6, 6.07) is 1.90. The summed E-state index contributed by atoms with van der Waals surface area (Å²) in [6.45, 7) is 1.93. The van der Waals surface area contributed by atoms with Crippen LogP contribution < -0.4 is 5.73 Å². The lowest BCUT2D eigenvalue weighted by atomic mass is 10.0. The van der Waals surface area contributed by atoms with Crippen LogP contribution >= 0.6 is 15.9 Å². The van der Waals surface area contributed by atoms with Gasteiger partial charge in [-0.25, -0.2) is 8.78 Å². The summed E-state index contributed by atoms with van der Waals surface area (Å²) < 4.78 is 27.1. The van der Waals surface area contributed by atoms with Crippen LogP contribution in [0.2, 0.25) is 0 Å². The topological polar surface area (TPSA) is 26.0 Å². The maximum Gasteiger partial charge on any atom is 0.132 e. The Morgan fingerprint density at radius 2 is 1.86 bits per heavy atom. The maximum absolute atomic E-state index is 13.3. The highest BCUT2D eigenvalue weighted by Crippen LogP contribution is 2.25. The van der Waals surface area contributed by atoms with E-state index in [1.165, 1.54) is 12.1 Å². The second-order valence-corrected chi connectivity index (χ2v) is 4.09. The molecule has 0 saturated carbocycles. The Kier molecular flexibility index (Phi) is 4.01. The number of halogens is 3. The first-order chi connectivity index (χ1) is 6.56. The molecule has 0 aliphatic carbocycles. The van der Waals surface area contributed by atoms with Gasteiger partial charge in [-0.15, -0.1) is 0 Å². The molecule has 0 bridgehead atoms. The van der Waals surface area contributed by atoms with Crippen LogP contribution in [0.1, 0.15) is 31.4 Å². The molecule has 1 aromatic rings. The van der Waals surface area contributed by atoms with Crippen molar-refractivity contribution in [1.82, 2.24) is 0 Å². The highest BCUT2D eigenvalue weighted by molar-refractivity contribution is 9.10. The smallest absolute Gasteiger partial charge is 0.132 e. The van der Waals surface area contributed by atoms with Crippen LogP contribution in [0.3, 0.4) is 0 Å². The molecule has 78 valence electrons. The molecule has 2 N–H and O–H groups in total. The van der Waals surface area contributed by atoms with Crippen LogP contribution in [0.4, 0.5) is 8.78 Å². The summed E-state index contributed by atoms with van der Waals surface area (Å²) in [7, 11) is 0. The zero-order valence-electron chi connectivity index (χ0n) is 7.86. The van der Waals surface area contributed by atoms with Crippen molar-refractivity contribution < 1.29 is 8.78 Å². The van der Waals surface area contributed by atoms with Crippen LogP contribution in [-0.2, 0) is 0 Å². The SMILES string of the molecule is CCC[C@@H](N)c1c(F)cc(Br)cc1F. The van der Waals surface area contributed by atoms with Crippen molar-refractivity contribution in [3.05, 3.63) is 33.8 Å². The van der Waals surface area contributed by atoms with Gasteiger partial charge in [0.25, 0.3) is 0 Å². The minimum atomic E-state index is -0.585. The zero-order chi connectivity index (χ0) is 10.7. The molecule has 0 aromatic heterocycles. The highest BCUT2D eigenvalue weighted by atomic mass is 79.9. The minimum Gasteiger partial charge on any atom is -0.324 e. The van der Waals surface area contributed by atoms with E-state index in [4.69, 9.17) is 5.73 Å². The molecular weight excluding hydrogens is 252 g/mol. The van der Waals surface area contributed by atoms with Gasteiger partial charge in [0.05, 0.1) is 0 Å². The van der Waals surface area contributed by atoms with E-state index < -0.39 is 17.7 Å². The predicted molar refractivity (Wildman–Crippen MR) is 55.9 cm³/mol. The van der Waals surface area contributed by atoms with Crippen molar-refractivity contribution in [3.8, 4) is 0 Å². The molecule has 0 radical (unpaired) electrons. The van der Waals surface area contributed by atoms with Gasteiger partial charge in [0.15, 0.2) is 0 Å². The minimum absolute atomic E-state index is 0.0185. The summed E-state index contributed by atoms with van der Waals surface area (Å²) in [6.07, 6.45) is 1.38. The fourth-order valence-corrected chi connectivity index (χ4v) is 1.76. The summed E-state index contributed by atoms with van der Waals surface area (Å²) in [5.74, 6) is -1.17. The quantitative estimate of drug-likeness (QED) is 0.887. The third-order valence-electron chi connectivity index (χ3n) is 2.01. The lowest BCUT2D eigenvalue weighted by Gasteiger charge is -2.12. The molecule has 0 amide bonds. The van der Waals surface area contributed by atoms with Gasteiger partial charge >= 0.3 is 0 Å². The number of hydrogen-bond acceptors (Lipinski definition) is 1. The van der Waals surface area contributed by atoms with Gasteiger partial charge < -0.3 is 5.73 Å². The molecule has 1 atom stereocenters. The predicted octanol–water partition coefficient (Wildman–Crippen LogP) is 3.53. The number of hydrogen-bond donors (Lipinski definition) is 1. The molecule has 1 rings (SSSR count).